The lowest BCUT2D eigenvalue weighted by atomic mass is 9.92. The Hall–Kier alpha value is -2.40. The van der Waals surface area contributed by atoms with Gasteiger partial charge in [0.2, 0.25) is 0 Å². The first-order valence-corrected chi connectivity index (χ1v) is 9.43. The maximum absolute atomic E-state index is 13.0. The Morgan fingerprint density at radius 2 is 2.04 bits per heavy atom. The normalized spacial score (nSPS) is 25.9. The Morgan fingerprint density at radius 3 is 2.77 bits per heavy atom. The van der Waals surface area contributed by atoms with E-state index in [-0.39, 0.29) is 18.1 Å². The first-order valence-electron chi connectivity index (χ1n) is 9.43. The van der Waals surface area contributed by atoms with Crippen LogP contribution in [0.5, 0.6) is 5.75 Å². The van der Waals surface area contributed by atoms with Gasteiger partial charge in [0.1, 0.15) is 11.9 Å². The van der Waals surface area contributed by atoms with Crippen LogP contribution in [0.4, 0.5) is 0 Å². The molecular formula is C21H23N3O2. The van der Waals surface area contributed by atoms with E-state index in [1.54, 1.807) is 6.20 Å². The minimum Gasteiger partial charge on any atom is -0.486 e. The number of nitrogens with zero attached hydrogens (tertiary/aromatic N) is 3. The summed E-state index contributed by atoms with van der Waals surface area (Å²) < 4.78 is 6.41. The number of carbonyl (C=O) groups excluding carboxylic acids is 1. The number of hydrogen-bond donors (Lipinski definition) is 0. The lowest BCUT2D eigenvalue weighted by molar-refractivity contribution is 0.0679. The molecule has 3 heterocycles. The molecule has 0 N–H and O–H groups in total. The monoisotopic (exact) mass is 349 g/mol. The van der Waals surface area contributed by atoms with Gasteiger partial charge < -0.3 is 9.64 Å². The summed E-state index contributed by atoms with van der Waals surface area (Å²) in [6.07, 6.45) is 7.51. The fourth-order valence-corrected chi connectivity index (χ4v) is 4.34. The average molecular weight is 349 g/mol. The molecule has 2 aromatic rings. The Balaban J connectivity index is 1.49. The highest BCUT2D eigenvalue weighted by molar-refractivity contribution is 5.98. The number of pyridine rings is 1. The van der Waals surface area contributed by atoms with Gasteiger partial charge in [0.05, 0.1) is 11.6 Å². The molecule has 5 rings (SSSR count). The van der Waals surface area contributed by atoms with Gasteiger partial charge in [-0.1, -0.05) is 18.6 Å². The Labute approximate surface area is 153 Å². The third-order valence-corrected chi connectivity index (χ3v) is 6.16. The zero-order valence-electron chi connectivity index (χ0n) is 15.0. The smallest absolute Gasteiger partial charge is 0.257 e. The second-order valence-corrected chi connectivity index (χ2v) is 7.63. The number of carbonyl (C=O) groups is 1. The van der Waals surface area contributed by atoms with Crippen molar-refractivity contribution >= 4 is 5.91 Å². The molecule has 26 heavy (non-hydrogen) atoms. The molecule has 1 amide bonds. The van der Waals surface area contributed by atoms with Crippen molar-refractivity contribution in [3.05, 3.63) is 48.3 Å². The zero-order chi connectivity index (χ0) is 17.7. The number of benzene rings is 1. The molecule has 5 nitrogen and oxygen atoms in total. The van der Waals surface area contributed by atoms with Crippen LogP contribution in [0.15, 0.2) is 42.7 Å². The third-order valence-electron chi connectivity index (χ3n) is 6.16. The van der Waals surface area contributed by atoms with Crippen LogP contribution in [0.1, 0.15) is 29.6 Å². The van der Waals surface area contributed by atoms with Crippen molar-refractivity contribution in [3.8, 4) is 16.9 Å². The van der Waals surface area contributed by atoms with Crippen LogP contribution < -0.4 is 4.74 Å². The molecule has 1 saturated carbocycles. The Bertz CT molecular complexity index is 834. The van der Waals surface area contributed by atoms with Gasteiger partial charge in [-0.15, -0.1) is 0 Å². The van der Waals surface area contributed by atoms with E-state index in [1.807, 2.05) is 48.5 Å². The minimum atomic E-state index is 0.0370. The molecule has 1 aromatic heterocycles. The van der Waals surface area contributed by atoms with Gasteiger partial charge in [0.25, 0.3) is 5.91 Å². The number of rotatable bonds is 2. The quantitative estimate of drug-likeness (QED) is 0.836. The molecule has 0 spiro atoms. The number of hydrogen-bond acceptors (Lipinski definition) is 4. The number of likely N-dealkylation sites (N-methyl/N-ethyl adjacent to an activating group) is 1. The molecular weight excluding hydrogens is 326 g/mol. The van der Waals surface area contributed by atoms with Gasteiger partial charge in [0, 0.05) is 44.1 Å². The fraction of sp³-hybridized carbons (Fsp3) is 0.429. The van der Waals surface area contributed by atoms with Crippen molar-refractivity contribution in [2.24, 2.45) is 0 Å². The molecule has 0 bridgehead atoms. The highest BCUT2D eigenvalue weighted by atomic mass is 16.5. The van der Waals surface area contributed by atoms with E-state index in [9.17, 15) is 4.79 Å². The maximum Gasteiger partial charge on any atom is 0.257 e. The standard InChI is InChI=1S/C21H23N3O2/c1-23-18-12-24(16-5-2-6-16)13-20(18)26-19-10-14(7-8-17(19)21(23)25)15-4-3-9-22-11-15/h3-4,7-11,16,18,20H,2,5-6,12-13H2,1H3/t18-,20+/m1/s1. The molecule has 1 saturated heterocycles. The largest absolute Gasteiger partial charge is 0.486 e. The molecule has 0 unspecified atom stereocenters. The summed E-state index contributed by atoms with van der Waals surface area (Å²) in [7, 11) is 1.91. The van der Waals surface area contributed by atoms with Crippen LogP contribution >= 0.6 is 0 Å². The number of amides is 1. The molecule has 134 valence electrons. The maximum atomic E-state index is 13.0. The number of ether oxygens (including phenoxy) is 1. The molecule has 1 aromatic carbocycles. The molecule has 2 fully saturated rings. The SMILES string of the molecule is CN1C(=O)c2ccc(-c3cccnc3)cc2O[C@H]2CN(C3CCC3)C[C@H]21. The lowest BCUT2D eigenvalue weighted by Gasteiger charge is -2.35. The van der Waals surface area contributed by atoms with Gasteiger partial charge in [-0.2, -0.15) is 0 Å². The van der Waals surface area contributed by atoms with E-state index in [1.165, 1.54) is 19.3 Å². The molecule has 1 aliphatic carbocycles. The average Bonchev–Trinajstić information content (AvgIpc) is 2.99. The van der Waals surface area contributed by atoms with Crippen LogP contribution in [0, 0.1) is 0 Å². The highest BCUT2D eigenvalue weighted by Crippen LogP contribution is 2.36. The van der Waals surface area contributed by atoms with Gasteiger partial charge in [0.15, 0.2) is 0 Å². The van der Waals surface area contributed by atoms with Crippen LogP contribution in [-0.2, 0) is 0 Å². The van der Waals surface area contributed by atoms with Crippen molar-refractivity contribution in [1.29, 1.82) is 0 Å². The van der Waals surface area contributed by atoms with Crippen molar-refractivity contribution in [1.82, 2.24) is 14.8 Å². The molecule has 3 aliphatic rings. The highest BCUT2D eigenvalue weighted by Gasteiger charge is 2.44. The van der Waals surface area contributed by atoms with Crippen molar-refractivity contribution in [3.63, 3.8) is 0 Å². The Morgan fingerprint density at radius 1 is 1.15 bits per heavy atom. The van der Waals surface area contributed by atoms with Crippen LogP contribution in [0.2, 0.25) is 0 Å². The summed E-state index contributed by atoms with van der Waals surface area (Å²) in [6, 6.07) is 10.6. The van der Waals surface area contributed by atoms with Crippen LogP contribution in [-0.4, -0.2) is 59.0 Å². The second-order valence-electron chi connectivity index (χ2n) is 7.63. The molecule has 2 atom stereocenters. The summed E-state index contributed by atoms with van der Waals surface area (Å²) in [4.78, 5) is 21.6. The van der Waals surface area contributed by atoms with Gasteiger partial charge in [-0.05, 0) is 36.6 Å². The summed E-state index contributed by atoms with van der Waals surface area (Å²) in [5, 5.41) is 0. The first kappa shape index (κ1) is 15.8. The van der Waals surface area contributed by atoms with Gasteiger partial charge in [-0.25, -0.2) is 0 Å². The summed E-state index contributed by atoms with van der Waals surface area (Å²) in [5.74, 6) is 0.756. The van der Waals surface area contributed by atoms with E-state index in [2.05, 4.69) is 9.88 Å². The van der Waals surface area contributed by atoms with E-state index >= 15 is 0 Å². The van der Waals surface area contributed by atoms with E-state index in [0.717, 1.165) is 24.2 Å². The lowest BCUT2D eigenvalue weighted by Crippen LogP contribution is -2.44. The van der Waals surface area contributed by atoms with Crippen molar-refractivity contribution in [2.45, 2.75) is 37.5 Å². The predicted molar refractivity (Wildman–Crippen MR) is 99.2 cm³/mol. The number of fused-ring (bicyclic) bond motifs is 2. The fourth-order valence-electron chi connectivity index (χ4n) is 4.34. The minimum absolute atomic E-state index is 0.0370. The molecule has 5 heteroatoms. The third kappa shape index (κ3) is 2.50. The Kier molecular flexibility index (Phi) is 3.71. The van der Waals surface area contributed by atoms with Gasteiger partial charge >= 0.3 is 0 Å². The summed E-state index contributed by atoms with van der Waals surface area (Å²) in [6.45, 7) is 1.82. The summed E-state index contributed by atoms with van der Waals surface area (Å²) >= 11 is 0. The first-order chi connectivity index (χ1) is 12.7. The number of likely N-dealkylation sites (tertiary alicyclic amines) is 1. The van der Waals surface area contributed by atoms with E-state index in [4.69, 9.17) is 4.74 Å². The molecule has 2 aliphatic heterocycles. The van der Waals surface area contributed by atoms with Crippen molar-refractivity contribution < 1.29 is 9.53 Å². The number of aromatic nitrogens is 1. The topological polar surface area (TPSA) is 45.7 Å². The van der Waals surface area contributed by atoms with Gasteiger partial charge in [-0.3, -0.25) is 14.7 Å². The van der Waals surface area contributed by atoms with E-state index in [0.29, 0.717) is 17.4 Å². The second kappa shape index (κ2) is 6.09. The van der Waals surface area contributed by atoms with Crippen LogP contribution in [0.3, 0.4) is 0 Å². The zero-order valence-corrected chi connectivity index (χ0v) is 15.0. The molecule has 0 radical (unpaired) electrons. The predicted octanol–water partition coefficient (Wildman–Crippen LogP) is 2.82. The van der Waals surface area contributed by atoms with Crippen molar-refractivity contribution in [2.75, 3.05) is 20.1 Å². The van der Waals surface area contributed by atoms with Crippen LogP contribution in [0.25, 0.3) is 11.1 Å². The summed E-state index contributed by atoms with van der Waals surface area (Å²) in [5.41, 5.74) is 2.72. The van der Waals surface area contributed by atoms with E-state index < -0.39 is 0 Å².